The van der Waals surface area contributed by atoms with Crippen molar-refractivity contribution in [2.24, 2.45) is 0 Å². The van der Waals surface area contributed by atoms with Crippen molar-refractivity contribution in [2.45, 2.75) is 45.6 Å². The van der Waals surface area contributed by atoms with Gasteiger partial charge in [0.05, 0.1) is 13.2 Å². The molecule has 0 bridgehead atoms. The molecule has 4 nitrogen and oxygen atoms in total. The van der Waals surface area contributed by atoms with Gasteiger partial charge in [0.1, 0.15) is 5.75 Å². The van der Waals surface area contributed by atoms with E-state index in [1.54, 1.807) is 0 Å². The first-order valence-corrected chi connectivity index (χ1v) is 9.92. The molecular weight excluding hydrogens is 336 g/mol. The number of hydrogen-bond acceptors (Lipinski definition) is 3. The van der Waals surface area contributed by atoms with Crippen LogP contribution in [0.25, 0.3) is 0 Å². The van der Waals surface area contributed by atoms with E-state index in [1.165, 1.54) is 31.2 Å². The van der Waals surface area contributed by atoms with Gasteiger partial charge in [-0.25, -0.2) is 0 Å². The number of rotatable bonds is 12. The van der Waals surface area contributed by atoms with Crippen LogP contribution in [0.15, 0.2) is 54.6 Å². The van der Waals surface area contributed by atoms with Crippen LogP contribution in [-0.2, 0) is 11.3 Å². The molecule has 0 atom stereocenters. The highest BCUT2D eigenvalue weighted by Gasteiger charge is 2.07. The van der Waals surface area contributed by atoms with E-state index in [9.17, 15) is 4.79 Å². The number of nitrogens with zero attached hydrogens (tertiary/aromatic N) is 1. The summed E-state index contributed by atoms with van der Waals surface area (Å²) in [6, 6.07) is 17.8. The van der Waals surface area contributed by atoms with E-state index < -0.39 is 0 Å². The Morgan fingerprint density at radius 1 is 0.963 bits per heavy atom. The average Bonchev–Trinajstić information content (AvgIpc) is 2.66. The van der Waals surface area contributed by atoms with Crippen LogP contribution in [0, 0.1) is 0 Å². The van der Waals surface area contributed by atoms with E-state index in [-0.39, 0.29) is 5.91 Å². The second-order valence-electron chi connectivity index (χ2n) is 6.99. The van der Waals surface area contributed by atoms with Crippen molar-refractivity contribution in [3.63, 3.8) is 0 Å². The number of hydrogen-bond donors (Lipinski definition) is 1. The van der Waals surface area contributed by atoms with Crippen LogP contribution < -0.4 is 10.1 Å². The van der Waals surface area contributed by atoms with E-state index in [0.717, 1.165) is 31.0 Å². The molecule has 0 aromatic heterocycles. The van der Waals surface area contributed by atoms with Crippen molar-refractivity contribution in [2.75, 3.05) is 25.5 Å². The Morgan fingerprint density at radius 2 is 1.67 bits per heavy atom. The molecule has 0 radical (unpaired) electrons. The molecule has 1 N–H and O–H groups in total. The molecular formula is C23H32N2O2. The summed E-state index contributed by atoms with van der Waals surface area (Å²) < 4.78 is 5.76. The summed E-state index contributed by atoms with van der Waals surface area (Å²) in [6.45, 7) is 4.07. The Hall–Kier alpha value is -2.33. The van der Waals surface area contributed by atoms with Crippen molar-refractivity contribution in [1.29, 1.82) is 0 Å². The summed E-state index contributed by atoms with van der Waals surface area (Å²) in [5.41, 5.74) is 1.99. The minimum atomic E-state index is -0.0157. The van der Waals surface area contributed by atoms with Crippen LogP contribution in [0.2, 0.25) is 0 Å². The molecule has 0 saturated heterocycles. The highest BCUT2D eigenvalue weighted by Crippen LogP contribution is 2.16. The normalized spacial score (nSPS) is 10.8. The average molecular weight is 369 g/mol. The van der Waals surface area contributed by atoms with Crippen molar-refractivity contribution >= 4 is 11.6 Å². The van der Waals surface area contributed by atoms with E-state index in [0.29, 0.717) is 6.54 Å². The molecule has 2 aromatic carbocycles. The summed E-state index contributed by atoms with van der Waals surface area (Å²) in [5.74, 6) is 0.836. The fourth-order valence-corrected chi connectivity index (χ4v) is 2.93. The molecule has 0 unspecified atom stereocenters. The van der Waals surface area contributed by atoms with Gasteiger partial charge >= 0.3 is 0 Å². The predicted molar refractivity (Wildman–Crippen MR) is 112 cm³/mol. The first-order valence-electron chi connectivity index (χ1n) is 9.92. The number of anilines is 1. The second kappa shape index (κ2) is 12.1. The molecule has 0 spiro atoms. The van der Waals surface area contributed by atoms with E-state index in [4.69, 9.17) is 4.74 Å². The standard InChI is InChI=1S/C23H32N2O2/c1-3-4-5-6-10-17-27-22-15-13-21(14-16-22)24-23(26)19-25(2)18-20-11-8-7-9-12-20/h7-9,11-16H,3-6,10,17-19H2,1-2H3,(H,24,26). The first-order chi connectivity index (χ1) is 13.2. The van der Waals surface area contributed by atoms with Crippen LogP contribution in [0.5, 0.6) is 5.75 Å². The van der Waals surface area contributed by atoms with Crippen molar-refractivity contribution in [1.82, 2.24) is 4.90 Å². The predicted octanol–water partition coefficient (Wildman–Crippen LogP) is 5.11. The molecule has 0 fully saturated rings. The van der Waals surface area contributed by atoms with Gasteiger partial charge in [0.25, 0.3) is 0 Å². The quantitative estimate of drug-likeness (QED) is 0.530. The van der Waals surface area contributed by atoms with Crippen LogP contribution in [-0.4, -0.2) is 31.0 Å². The lowest BCUT2D eigenvalue weighted by Gasteiger charge is -2.16. The largest absolute Gasteiger partial charge is 0.494 e. The molecule has 2 rings (SSSR count). The second-order valence-corrected chi connectivity index (χ2v) is 6.99. The molecule has 1 amide bonds. The molecule has 27 heavy (non-hydrogen) atoms. The molecule has 0 aliphatic rings. The smallest absolute Gasteiger partial charge is 0.238 e. The molecule has 2 aromatic rings. The summed E-state index contributed by atoms with van der Waals surface area (Å²) >= 11 is 0. The SMILES string of the molecule is CCCCCCCOc1ccc(NC(=O)CN(C)Cc2ccccc2)cc1. The zero-order valence-electron chi connectivity index (χ0n) is 16.6. The maximum atomic E-state index is 12.2. The van der Waals surface area contributed by atoms with Gasteiger partial charge < -0.3 is 10.1 Å². The van der Waals surface area contributed by atoms with Crippen molar-refractivity contribution < 1.29 is 9.53 Å². The van der Waals surface area contributed by atoms with E-state index in [1.807, 2.05) is 54.4 Å². The maximum Gasteiger partial charge on any atom is 0.238 e. The molecule has 0 saturated carbocycles. The topological polar surface area (TPSA) is 41.6 Å². The Balaban J connectivity index is 1.68. The molecule has 0 aliphatic heterocycles. The number of carbonyl (C=O) groups is 1. The fourth-order valence-electron chi connectivity index (χ4n) is 2.93. The third-order valence-electron chi connectivity index (χ3n) is 4.36. The number of carbonyl (C=O) groups excluding carboxylic acids is 1. The Morgan fingerprint density at radius 3 is 2.37 bits per heavy atom. The Bertz CT molecular complexity index is 656. The molecule has 4 heteroatoms. The van der Waals surface area contributed by atoms with E-state index in [2.05, 4.69) is 24.4 Å². The van der Waals surface area contributed by atoms with Gasteiger partial charge in [-0.3, -0.25) is 9.69 Å². The van der Waals surface area contributed by atoms with Gasteiger partial charge in [-0.2, -0.15) is 0 Å². The Labute approximate surface area is 163 Å². The van der Waals surface area contributed by atoms with E-state index >= 15 is 0 Å². The van der Waals surface area contributed by atoms with Crippen molar-refractivity contribution in [3.05, 3.63) is 60.2 Å². The van der Waals surface area contributed by atoms with Gasteiger partial charge in [-0.15, -0.1) is 0 Å². The number of nitrogens with one attached hydrogen (secondary N) is 1. The summed E-state index contributed by atoms with van der Waals surface area (Å²) in [6.07, 6.45) is 6.15. The Kier molecular flexibility index (Phi) is 9.42. The van der Waals surface area contributed by atoms with Crippen LogP contribution in [0.4, 0.5) is 5.69 Å². The van der Waals surface area contributed by atoms with Gasteiger partial charge in [0.15, 0.2) is 0 Å². The highest BCUT2D eigenvalue weighted by atomic mass is 16.5. The maximum absolute atomic E-state index is 12.2. The van der Waals surface area contributed by atoms with Crippen molar-refractivity contribution in [3.8, 4) is 5.75 Å². The van der Waals surface area contributed by atoms with Crippen LogP contribution >= 0.6 is 0 Å². The summed E-state index contributed by atoms with van der Waals surface area (Å²) in [7, 11) is 1.95. The van der Waals surface area contributed by atoms with Gasteiger partial charge in [0, 0.05) is 12.2 Å². The van der Waals surface area contributed by atoms with Crippen LogP contribution in [0.3, 0.4) is 0 Å². The number of unbranched alkanes of at least 4 members (excludes halogenated alkanes) is 4. The van der Waals surface area contributed by atoms with Crippen LogP contribution in [0.1, 0.15) is 44.6 Å². The lowest BCUT2D eigenvalue weighted by Crippen LogP contribution is -2.29. The lowest BCUT2D eigenvalue weighted by molar-refractivity contribution is -0.117. The first kappa shape index (κ1) is 21.0. The number of ether oxygens (including phenoxy) is 1. The summed E-state index contributed by atoms with van der Waals surface area (Å²) in [5, 5.41) is 2.94. The highest BCUT2D eigenvalue weighted by molar-refractivity contribution is 5.92. The lowest BCUT2D eigenvalue weighted by atomic mass is 10.2. The fraction of sp³-hybridized carbons (Fsp3) is 0.435. The number of amides is 1. The van der Waals surface area contributed by atoms with Gasteiger partial charge in [0.2, 0.25) is 5.91 Å². The zero-order chi connectivity index (χ0) is 19.3. The number of benzene rings is 2. The monoisotopic (exact) mass is 368 g/mol. The minimum absolute atomic E-state index is 0.0157. The van der Waals surface area contributed by atoms with Gasteiger partial charge in [-0.05, 0) is 43.3 Å². The minimum Gasteiger partial charge on any atom is -0.494 e. The van der Waals surface area contributed by atoms with Gasteiger partial charge in [-0.1, -0.05) is 62.9 Å². The zero-order valence-corrected chi connectivity index (χ0v) is 16.6. The molecule has 146 valence electrons. The molecule has 0 heterocycles. The third kappa shape index (κ3) is 8.74. The summed E-state index contributed by atoms with van der Waals surface area (Å²) in [4.78, 5) is 14.2. The molecule has 0 aliphatic carbocycles. The number of likely N-dealkylation sites (N-methyl/N-ethyl adjacent to an activating group) is 1. The third-order valence-corrected chi connectivity index (χ3v) is 4.36.